The fourth-order valence-electron chi connectivity index (χ4n) is 2.85. The van der Waals surface area contributed by atoms with Crippen LogP contribution in [0, 0.1) is 0 Å². The van der Waals surface area contributed by atoms with E-state index in [4.69, 9.17) is 8.92 Å². The second-order valence-electron chi connectivity index (χ2n) is 7.96. The molecule has 0 aliphatic heterocycles. The van der Waals surface area contributed by atoms with E-state index in [1.165, 1.54) is 0 Å². The topological polar surface area (TPSA) is 81.7 Å². The van der Waals surface area contributed by atoms with Crippen molar-refractivity contribution in [3.63, 3.8) is 0 Å². The van der Waals surface area contributed by atoms with Gasteiger partial charge in [0.1, 0.15) is 11.4 Å². The first-order valence-electron chi connectivity index (χ1n) is 9.48. The van der Waals surface area contributed by atoms with Gasteiger partial charge in [-0.1, -0.05) is 42.5 Å². The molecule has 1 N–H and O–H groups in total. The van der Waals surface area contributed by atoms with Crippen LogP contribution >= 0.6 is 0 Å². The molecule has 2 aromatic carbocycles. The van der Waals surface area contributed by atoms with Crippen LogP contribution < -0.4 is 9.50 Å². The lowest BCUT2D eigenvalue weighted by molar-refractivity contribution is -0.155. The summed E-state index contributed by atoms with van der Waals surface area (Å²) in [4.78, 5) is 12.4. The van der Waals surface area contributed by atoms with Crippen LogP contribution in [-0.4, -0.2) is 32.8 Å². The first kappa shape index (κ1) is 22.9. The monoisotopic (exact) mass is 419 g/mol. The quantitative estimate of drug-likeness (QED) is 0.494. The van der Waals surface area contributed by atoms with E-state index in [1.807, 2.05) is 51.1 Å². The average Bonchev–Trinajstić information content (AvgIpc) is 2.59. The van der Waals surface area contributed by atoms with Crippen LogP contribution in [0.1, 0.15) is 44.2 Å². The third kappa shape index (κ3) is 9.11. The summed E-state index contributed by atoms with van der Waals surface area (Å²) in [5.41, 5.74) is 1.50. The molecular weight excluding hydrogens is 390 g/mol. The van der Waals surface area contributed by atoms with Gasteiger partial charge in [-0.2, -0.15) is 8.42 Å². The van der Waals surface area contributed by atoms with E-state index in [1.54, 1.807) is 24.3 Å². The maximum absolute atomic E-state index is 12.4. The van der Waals surface area contributed by atoms with Gasteiger partial charge < -0.3 is 14.2 Å². The predicted octanol–water partition coefficient (Wildman–Crippen LogP) is 3.63. The molecule has 0 amide bonds. The molecule has 0 aliphatic rings. The molecular formula is C22H29NO5S. The molecule has 0 spiro atoms. The minimum absolute atomic E-state index is 0.124. The number of hydrogen-bond donors (Lipinski definition) is 1. The lowest BCUT2D eigenvalue weighted by Gasteiger charge is -2.23. The maximum atomic E-state index is 12.4. The van der Waals surface area contributed by atoms with Crippen molar-refractivity contribution >= 4 is 16.1 Å². The Balaban J connectivity index is 2.09. The van der Waals surface area contributed by atoms with E-state index in [-0.39, 0.29) is 24.1 Å². The number of esters is 1. The highest BCUT2D eigenvalue weighted by Crippen LogP contribution is 2.24. The second-order valence-corrected chi connectivity index (χ2v) is 9.54. The average molecular weight is 420 g/mol. The Morgan fingerprint density at radius 1 is 1.03 bits per heavy atom. The van der Waals surface area contributed by atoms with Gasteiger partial charge in [0.25, 0.3) is 0 Å². The van der Waals surface area contributed by atoms with E-state index in [0.29, 0.717) is 13.1 Å². The van der Waals surface area contributed by atoms with Gasteiger partial charge in [0.15, 0.2) is 0 Å². The van der Waals surface area contributed by atoms with Crippen LogP contribution in [0.4, 0.5) is 0 Å². The highest BCUT2D eigenvalue weighted by Gasteiger charge is 2.22. The molecule has 0 heterocycles. The van der Waals surface area contributed by atoms with Crippen LogP contribution in [0.5, 0.6) is 5.75 Å². The molecule has 0 bridgehead atoms. The van der Waals surface area contributed by atoms with Gasteiger partial charge in [0.05, 0.1) is 12.7 Å². The minimum atomic E-state index is -3.58. The summed E-state index contributed by atoms with van der Waals surface area (Å²) >= 11 is 0. The summed E-state index contributed by atoms with van der Waals surface area (Å²) < 4.78 is 32.9. The normalized spacial score (nSPS) is 13.0. The van der Waals surface area contributed by atoms with Crippen LogP contribution in [-0.2, 0) is 26.2 Å². The van der Waals surface area contributed by atoms with Crippen molar-refractivity contribution in [3.8, 4) is 5.75 Å². The number of hydrogen-bond acceptors (Lipinski definition) is 6. The molecule has 0 saturated carbocycles. The fraction of sp³-hybridized carbons (Fsp3) is 0.409. The number of ether oxygens (including phenoxy) is 1. The summed E-state index contributed by atoms with van der Waals surface area (Å²) in [6.45, 7) is 6.77. The molecule has 0 aromatic heterocycles. The zero-order chi connectivity index (χ0) is 21.5. The van der Waals surface area contributed by atoms with Gasteiger partial charge in [0.2, 0.25) is 0 Å². The Bertz CT molecular complexity index is 887. The van der Waals surface area contributed by atoms with E-state index in [0.717, 1.165) is 17.4 Å². The summed E-state index contributed by atoms with van der Waals surface area (Å²) in [6, 6.07) is 16.7. The van der Waals surface area contributed by atoms with Crippen LogP contribution in [0.2, 0.25) is 0 Å². The molecule has 2 aromatic rings. The first-order valence-corrected chi connectivity index (χ1v) is 11.3. The molecule has 0 radical (unpaired) electrons. The largest absolute Gasteiger partial charge is 0.460 e. The van der Waals surface area contributed by atoms with Crippen molar-refractivity contribution in [3.05, 3.63) is 65.7 Å². The minimum Gasteiger partial charge on any atom is -0.460 e. The zero-order valence-corrected chi connectivity index (χ0v) is 18.2. The van der Waals surface area contributed by atoms with Crippen molar-refractivity contribution in [1.29, 1.82) is 0 Å². The fourth-order valence-corrected chi connectivity index (χ4v) is 3.31. The molecule has 1 atom stereocenters. The van der Waals surface area contributed by atoms with Gasteiger partial charge in [-0.15, -0.1) is 0 Å². The lowest BCUT2D eigenvalue weighted by atomic mass is 9.95. The lowest BCUT2D eigenvalue weighted by Crippen LogP contribution is -2.28. The van der Waals surface area contributed by atoms with E-state index < -0.39 is 15.7 Å². The van der Waals surface area contributed by atoms with Crippen LogP contribution in [0.25, 0.3) is 0 Å². The van der Waals surface area contributed by atoms with E-state index >= 15 is 0 Å². The molecule has 0 fully saturated rings. The highest BCUT2D eigenvalue weighted by molar-refractivity contribution is 7.86. The van der Waals surface area contributed by atoms with Crippen molar-refractivity contribution in [1.82, 2.24) is 5.32 Å². The number of carbonyl (C=O) groups is 1. The van der Waals surface area contributed by atoms with Gasteiger partial charge >= 0.3 is 16.1 Å². The van der Waals surface area contributed by atoms with Crippen LogP contribution in [0.3, 0.4) is 0 Å². The summed E-state index contributed by atoms with van der Waals surface area (Å²) in [7, 11) is -3.58. The Hall–Kier alpha value is -2.38. The smallest absolute Gasteiger partial charge is 0.306 e. The number of carbonyl (C=O) groups excluding carboxylic acids is 1. The molecule has 29 heavy (non-hydrogen) atoms. The first-order chi connectivity index (χ1) is 13.5. The van der Waals surface area contributed by atoms with Crippen LogP contribution in [0.15, 0.2) is 54.6 Å². The molecule has 158 valence electrons. The summed E-state index contributed by atoms with van der Waals surface area (Å²) in [5, 5.41) is 3.39. The molecule has 2 rings (SSSR count). The molecule has 0 saturated heterocycles. The summed E-state index contributed by atoms with van der Waals surface area (Å²) in [5.74, 6) is -0.161. The molecule has 0 aliphatic carbocycles. The van der Waals surface area contributed by atoms with Crippen molar-refractivity contribution in [2.24, 2.45) is 0 Å². The Labute approximate surface area is 173 Å². The van der Waals surface area contributed by atoms with E-state index in [2.05, 4.69) is 5.32 Å². The zero-order valence-electron chi connectivity index (χ0n) is 17.3. The number of rotatable bonds is 9. The Morgan fingerprint density at radius 2 is 1.66 bits per heavy atom. The van der Waals surface area contributed by atoms with Crippen molar-refractivity contribution < 1.29 is 22.1 Å². The van der Waals surface area contributed by atoms with Crippen molar-refractivity contribution in [2.75, 3.05) is 12.8 Å². The molecule has 1 unspecified atom stereocenters. The number of benzene rings is 2. The van der Waals surface area contributed by atoms with Gasteiger partial charge in [-0.25, -0.2) is 0 Å². The molecule has 7 heteroatoms. The van der Waals surface area contributed by atoms with Gasteiger partial charge in [-0.05, 0) is 44.0 Å². The number of nitrogens with one attached hydrogen (secondary N) is 1. The molecule has 6 nitrogen and oxygen atoms in total. The highest BCUT2D eigenvalue weighted by atomic mass is 32.2. The third-order valence-electron chi connectivity index (χ3n) is 3.99. The second kappa shape index (κ2) is 9.89. The summed E-state index contributed by atoms with van der Waals surface area (Å²) in [6.07, 6.45) is 1.21. The van der Waals surface area contributed by atoms with Gasteiger partial charge in [0, 0.05) is 19.0 Å². The predicted molar refractivity (Wildman–Crippen MR) is 113 cm³/mol. The standard InChI is InChI=1S/C22H29NO5S/c1-22(2,3)27-21(24)14-19(16-23-15-17-8-6-5-7-9-17)18-10-12-20(13-11-18)28-29(4,25)26/h5-13,19,23H,14-16H2,1-4H3. The Morgan fingerprint density at radius 3 is 2.21 bits per heavy atom. The van der Waals surface area contributed by atoms with Crippen molar-refractivity contribution in [2.45, 2.75) is 45.3 Å². The maximum Gasteiger partial charge on any atom is 0.306 e. The Kier molecular flexibility index (Phi) is 7.81. The SMILES string of the molecule is CC(C)(C)OC(=O)CC(CNCc1ccccc1)c1ccc(OS(C)(=O)=O)cc1. The third-order valence-corrected chi connectivity index (χ3v) is 4.49. The van der Waals surface area contributed by atoms with Gasteiger partial charge in [-0.3, -0.25) is 4.79 Å². The van der Waals surface area contributed by atoms with E-state index in [9.17, 15) is 13.2 Å².